The molecule has 2 atom stereocenters. The van der Waals surface area contributed by atoms with E-state index in [-0.39, 0.29) is 5.56 Å². The highest BCUT2D eigenvalue weighted by Gasteiger charge is 2.32. The molecule has 2 heterocycles. The molecule has 1 aliphatic carbocycles. The zero-order valence-electron chi connectivity index (χ0n) is 13.0. The van der Waals surface area contributed by atoms with E-state index in [0.717, 1.165) is 17.5 Å². The van der Waals surface area contributed by atoms with Gasteiger partial charge in [0.05, 0.1) is 12.3 Å². The maximum absolute atomic E-state index is 14.1. The van der Waals surface area contributed by atoms with Crippen LogP contribution in [0.3, 0.4) is 0 Å². The third kappa shape index (κ3) is 2.46. The molecule has 2 aromatic heterocycles. The summed E-state index contributed by atoms with van der Waals surface area (Å²) in [5.41, 5.74) is 9.01. The third-order valence-electron chi connectivity index (χ3n) is 4.72. The Balaban J connectivity index is 1.79. The van der Waals surface area contributed by atoms with Crippen LogP contribution in [0.4, 0.5) is 18.9 Å². The number of hydrogen-bond acceptors (Lipinski definition) is 2. The lowest BCUT2D eigenvalue weighted by Gasteiger charge is -2.29. The van der Waals surface area contributed by atoms with Crippen LogP contribution in [-0.2, 0) is 12.8 Å². The van der Waals surface area contributed by atoms with E-state index < -0.39 is 29.4 Å². The lowest BCUT2D eigenvalue weighted by molar-refractivity contribution is 0.446. The molecule has 0 saturated heterocycles. The SMILES string of the molecule is [C-]#[N+]c1ccn2c3c(nc2c1)C[C@H](c1cc(F)c(F)cc1F)[C@@H](N)C3. The van der Waals surface area contributed by atoms with Crippen LogP contribution in [-0.4, -0.2) is 15.4 Å². The highest BCUT2D eigenvalue weighted by atomic mass is 19.2. The van der Waals surface area contributed by atoms with Crippen LogP contribution in [0.5, 0.6) is 0 Å². The lowest BCUT2D eigenvalue weighted by Crippen LogP contribution is -2.37. The second kappa shape index (κ2) is 5.60. The van der Waals surface area contributed by atoms with E-state index in [9.17, 15) is 13.2 Å². The largest absolute Gasteiger partial charge is 0.327 e. The number of halogens is 3. The Kier molecular flexibility index (Phi) is 3.51. The average molecular weight is 342 g/mol. The minimum absolute atomic E-state index is 0.0657. The summed E-state index contributed by atoms with van der Waals surface area (Å²) in [6.45, 7) is 7.08. The van der Waals surface area contributed by atoms with Crippen molar-refractivity contribution in [1.29, 1.82) is 0 Å². The van der Waals surface area contributed by atoms with E-state index in [1.807, 2.05) is 4.40 Å². The highest BCUT2D eigenvalue weighted by molar-refractivity contribution is 5.57. The molecule has 3 aromatic rings. The van der Waals surface area contributed by atoms with Gasteiger partial charge in [0.1, 0.15) is 11.5 Å². The van der Waals surface area contributed by atoms with Crippen LogP contribution in [0.1, 0.15) is 22.9 Å². The molecule has 0 radical (unpaired) electrons. The van der Waals surface area contributed by atoms with Gasteiger partial charge in [0.2, 0.25) is 0 Å². The molecule has 4 nitrogen and oxygen atoms in total. The number of imidazole rings is 1. The van der Waals surface area contributed by atoms with Crippen molar-refractivity contribution in [1.82, 2.24) is 9.38 Å². The number of fused-ring (bicyclic) bond motifs is 3. The zero-order valence-corrected chi connectivity index (χ0v) is 13.0. The van der Waals surface area contributed by atoms with Gasteiger partial charge in [0, 0.05) is 36.3 Å². The number of pyridine rings is 1. The molecule has 4 rings (SSSR count). The molecule has 0 amide bonds. The van der Waals surface area contributed by atoms with Crippen molar-refractivity contribution in [3.63, 3.8) is 0 Å². The number of aromatic nitrogens is 2. The molecule has 1 aliphatic rings. The number of rotatable bonds is 1. The van der Waals surface area contributed by atoms with Crippen LogP contribution in [0.2, 0.25) is 0 Å². The summed E-state index contributed by atoms with van der Waals surface area (Å²) in [4.78, 5) is 7.89. The highest BCUT2D eigenvalue weighted by Crippen LogP contribution is 2.34. The van der Waals surface area contributed by atoms with Crippen LogP contribution in [0, 0.1) is 24.0 Å². The van der Waals surface area contributed by atoms with Gasteiger partial charge in [-0.15, -0.1) is 0 Å². The van der Waals surface area contributed by atoms with Gasteiger partial charge >= 0.3 is 0 Å². The quantitative estimate of drug-likeness (QED) is 0.543. The molecule has 0 fully saturated rings. The number of hydrogen-bond donors (Lipinski definition) is 1. The molecule has 0 saturated carbocycles. The van der Waals surface area contributed by atoms with Gasteiger partial charge in [-0.05, 0) is 30.2 Å². The smallest absolute Gasteiger partial charge is 0.192 e. The summed E-state index contributed by atoms with van der Waals surface area (Å²) in [6, 6.07) is 4.34. The van der Waals surface area contributed by atoms with Crippen molar-refractivity contribution in [3.05, 3.63) is 76.3 Å². The molecule has 25 heavy (non-hydrogen) atoms. The molecule has 126 valence electrons. The first-order valence-corrected chi connectivity index (χ1v) is 7.75. The van der Waals surface area contributed by atoms with Gasteiger partial charge in [0.15, 0.2) is 17.3 Å². The summed E-state index contributed by atoms with van der Waals surface area (Å²) >= 11 is 0. The average Bonchev–Trinajstić information content (AvgIpc) is 2.94. The Bertz CT molecular complexity index is 1030. The van der Waals surface area contributed by atoms with Gasteiger partial charge in [-0.3, -0.25) is 0 Å². The minimum atomic E-state index is -1.22. The fourth-order valence-corrected chi connectivity index (χ4v) is 3.47. The standard InChI is InChI=1S/C18H13F3N4/c1-23-9-2-3-25-17-8-15(22)11(6-16(17)24-18(25)4-9)10-5-13(20)14(21)7-12(10)19/h2-5,7,11,15H,6,8,22H2/t11-,15+/m1/s1. The molecule has 0 bridgehead atoms. The van der Waals surface area contributed by atoms with Crippen LogP contribution in [0.25, 0.3) is 10.5 Å². The van der Waals surface area contributed by atoms with E-state index in [0.29, 0.717) is 30.2 Å². The Morgan fingerprint density at radius 3 is 2.64 bits per heavy atom. The van der Waals surface area contributed by atoms with E-state index >= 15 is 0 Å². The van der Waals surface area contributed by atoms with E-state index in [1.165, 1.54) is 0 Å². The number of benzene rings is 1. The van der Waals surface area contributed by atoms with Crippen molar-refractivity contribution in [2.45, 2.75) is 24.8 Å². The third-order valence-corrected chi connectivity index (χ3v) is 4.72. The molecular weight excluding hydrogens is 329 g/mol. The number of nitrogens with two attached hydrogens (primary N) is 1. The van der Waals surface area contributed by atoms with E-state index in [4.69, 9.17) is 12.3 Å². The van der Waals surface area contributed by atoms with Crippen molar-refractivity contribution in [2.75, 3.05) is 0 Å². The Hall–Kier alpha value is -2.85. The van der Waals surface area contributed by atoms with Gasteiger partial charge in [0.25, 0.3) is 0 Å². The predicted octanol–water partition coefficient (Wildman–Crippen LogP) is 3.51. The first-order valence-electron chi connectivity index (χ1n) is 7.75. The van der Waals surface area contributed by atoms with Gasteiger partial charge in [-0.1, -0.05) is 0 Å². The fraction of sp³-hybridized carbons (Fsp3) is 0.222. The van der Waals surface area contributed by atoms with Crippen molar-refractivity contribution < 1.29 is 13.2 Å². The topological polar surface area (TPSA) is 47.7 Å². The summed E-state index contributed by atoms with van der Waals surface area (Å²) in [7, 11) is 0. The molecule has 2 N–H and O–H groups in total. The summed E-state index contributed by atoms with van der Waals surface area (Å²) < 4.78 is 42.8. The van der Waals surface area contributed by atoms with Crippen molar-refractivity contribution in [3.8, 4) is 0 Å². The summed E-state index contributed by atoms with van der Waals surface area (Å²) in [5.74, 6) is -3.61. The molecule has 0 aliphatic heterocycles. The van der Waals surface area contributed by atoms with Gasteiger partial charge in [-0.25, -0.2) is 23.0 Å². The van der Waals surface area contributed by atoms with Crippen LogP contribution >= 0.6 is 0 Å². The molecule has 0 spiro atoms. The Morgan fingerprint density at radius 1 is 1.12 bits per heavy atom. The van der Waals surface area contributed by atoms with E-state index in [2.05, 4.69) is 9.83 Å². The van der Waals surface area contributed by atoms with Gasteiger partial charge in [-0.2, -0.15) is 0 Å². The zero-order chi connectivity index (χ0) is 17.7. The van der Waals surface area contributed by atoms with E-state index in [1.54, 1.807) is 18.3 Å². The molecule has 1 aromatic carbocycles. The summed E-state index contributed by atoms with van der Waals surface area (Å²) in [6.07, 6.45) is 2.52. The molecular formula is C18H13F3N4. The number of nitrogens with zero attached hydrogens (tertiary/aromatic N) is 3. The van der Waals surface area contributed by atoms with Gasteiger partial charge < -0.3 is 10.1 Å². The summed E-state index contributed by atoms with van der Waals surface area (Å²) in [5, 5.41) is 0. The first-order chi connectivity index (χ1) is 12.0. The molecule has 0 unspecified atom stereocenters. The second-order valence-corrected chi connectivity index (χ2v) is 6.20. The Morgan fingerprint density at radius 2 is 1.88 bits per heavy atom. The van der Waals surface area contributed by atoms with Crippen LogP contribution in [0.15, 0.2) is 30.5 Å². The van der Waals surface area contributed by atoms with Crippen molar-refractivity contribution in [2.24, 2.45) is 5.73 Å². The first kappa shape index (κ1) is 15.7. The normalized spacial score (nSPS) is 19.6. The maximum Gasteiger partial charge on any atom is 0.192 e. The second-order valence-electron chi connectivity index (χ2n) is 6.20. The van der Waals surface area contributed by atoms with Crippen LogP contribution < -0.4 is 5.73 Å². The fourth-order valence-electron chi connectivity index (χ4n) is 3.47. The Labute approximate surface area is 141 Å². The predicted molar refractivity (Wildman–Crippen MR) is 85.9 cm³/mol. The molecule has 7 heteroatoms. The minimum Gasteiger partial charge on any atom is -0.327 e. The van der Waals surface area contributed by atoms with Crippen molar-refractivity contribution >= 4 is 11.3 Å². The monoisotopic (exact) mass is 342 g/mol. The maximum atomic E-state index is 14.1. The lowest BCUT2D eigenvalue weighted by atomic mass is 9.80.